The molecule has 0 amide bonds. The zero-order valence-corrected chi connectivity index (χ0v) is 13.3. The van der Waals surface area contributed by atoms with Gasteiger partial charge in [0.15, 0.2) is 11.5 Å². The van der Waals surface area contributed by atoms with Crippen molar-refractivity contribution >= 4 is 5.69 Å². The molecular weight excluding hydrogens is 300 g/mol. The number of hydrogen-bond donors (Lipinski definition) is 1. The second-order valence-electron chi connectivity index (χ2n) is 4.96. The van der Waals surface area contributed by atoms with Gasteiger partial charge in [0.2, 0.25) is 0 Å². The van der Waals surface area contributed by atoms with Crippen molar-refractivity contribution in [3.8, 4) is 11.5 Å². The minimum Gasteiger partial charge on any atom is -0.490 e. The first kappa shape index (κ1) is 17.1. The average molecular weight is 321 g/mol. The lowest BCUT2D eigenvalue weighted by Crippen LogP contribution is -2.09. The molecule has 0 unspecified atom stereocenters. The SMILES string of the molecule is CCOc1cccc(CNc2ccc(CC)cc2)c1OC(F)F. The number of hydrogen-bond acceptors (Lipinski definition) is 3. The normalized spacial score (nSPS) is 10.7. The zero-order chi connectivity index (χ0) is 16.7. The number of benzene rings is 2. The topological polar surface area (TPSA) is 30.5 Å². The summed E-state index contributed by atoms with van der Waals surface area (Å²) in [4.78, 5) is 0. The quantitative estimate of drug-likeness (QED) is 0.753. The Morgan fingerprint density at radius 2 is 1.78 bits per heavy atom. The van der Waals surface area contributed by atoms with E-state index in [4.69, 9.17) is 4.74 Å². The molecule has 3 nitrogen and oxygen atoms in total. The van der Waals surface area contributed by atoms with E-state index in [9.17, 15) is 8.78 Å². The van der Waals surface area contributed by atoms with E-state index < -0.39 is 6.61 Å². The Morgan fingerprint density at radius 1 is 1.04 bits per heavy atom. The summed E-state index contributed by atoms with van der Waals surface area (Å²) >= 11 is 0. The maximum atomic E-state index is 12.7. The second kappa shape index (κ2) is 8.36. The highest BCUT2D eigenvalue weighted by molar-refractivity contribution is 5.50. The highest BCUT2D eigenvalue weighted by Crippen LogP contribution is 2.33. The Bertz CT molecular complexity index is 615. The molecule has 124 valence electrons. The van der Waals surface area contributed by atoms with Crippen molar-refractivity contribution in [1.29, 1.82) is 0 Å². The Hall–Kier alpha value is -2.30. The molecule has 2 aromatic carbocycles. The lowest BCUT2D eigenvalue weighted by Gasteiger charge is -2.16. The summed E-state index contributed by atoms with van der Waals surface area (Å²) in [6.45, 7) is 1.75. The van der Waals surface area contributed by atoms with Crippen molar-refractivity contribution in [3.05, 3.63) is 53.6 Å². The van der Waals surface area contributed by atoms with Crippen LogP contribution in [0.15, 0.2) is 42.5 Å². The van der Waals surface area contributed by atoms with Crippen LogP contribution in [0.25, 0.3) is 0 Å². The van der Waals surface area contributed by atoms with Gasteiger partial charge < -0.3 is 14.8 Å². The number of rotatable bonds is 8. The fourth-order valence-electron chi connectivity index (χ4n) is 2.25. The van der Waals surface area contributed by atoms with Crippen molar-refractivity contribution in [2.45, 2.75) is 33.4 Å². The largest absolute Gasteiger partial charge is 0.490 e. The van der Waals surface area contributed by atoms with Crippen LogP contribution in [0, 0.1) is 0 Å². The van der Waals surface area contributed by atoms with Crippen LogP contribution in [0.5, 0.6) is 11.5 Å². The van der Waals surface area contributed by atoms with Crippen molar-refractivity contribution < 1.29 is 18.3 Å². The van der Waals surface area contributed by atoms with Gasteiger partial charge >= 0.3 is 6.61 Å². The van der Waals surface area contributed by atoms with Crippen LogP contribution >= 0.6 is 0 Å². The van der Waals surface area contributed by atoms with Crippen molar-refractivity contribution in [3.63, 3.8) is 0 Å². The fourth-order valence-corrected chi connectivity index (χ4v) is 2.25. The molecule has 0 bridgehead atoms. The van der Waals surface area contributed by atoms with E-state index in [2.05, 4.69) is 17.0 Å². The van der Waals surface area contributed by atoms with Gasteiger partial charge in [0.05, 0.1) is 6.61 Å². The fraction of sp³-hybridized carbons (Fsp3) is 0.333. The molecule has 0 aliphatic rings. The number of aryl methyl sites for hydroxylation is 1. The number of nitrogens with one attached hydrogen (secondary N) is 1. The van der Waals surface area contributed by atoms with Crippen molar-refractivity contribution in [1.82, 2.24) is 0 Å². The Morgan fingerprint density at radius 3 is 2.39 bits per heavy atom. The van der Waals surface area contributed by atoms with E-state index in [1.54, 1.807) is 25.1 Å². The minimum atomic E-state index is -2.89. The van der Waals surface area contributed by atoms with E-state index >= 15 is 0 Å². The molecule has 0 aromatic heterocycles. The molecule has 0 fully saturated rings. The summed E-state index contributed by atoms with van der Waals surface area (Å²) in [5, 5.41) is 3.21. The van der Waals surface area contributed by atoms with Gasteiger partial charge in [-0.3, -0.25) is 0 Å². The smallest absolute Gasteiger partial charge is 0.387 e. The molecular formula is C18H21F2NO2. The van der Waals surface area contributed by atoms with Crippen molar-refractivity contribution in [2.24, 2.45) is 0 Å². The maximum Gasteiger partial charge on any atom is 0.387 e. The van der Waals surface area contributed by atoms with Gasteiger partial charge in [-0.1, -0.05) is 31.2 Å². The Labute approximate surface area is 135 Å². The van der Waals surface area contributed by atoms with Gasteiger partial charge in [0.25, 0.3) is 0 Å². The first-order chi connectivity index (χ1) is 11.1. The van der Waals surface area contributed by atoms with Gasteiger partial charge in [-0.15, -0.1) is 0 Å². The van der Waals surface area contributed by atoms with Crippen LogP contribution in [0.2, 0.25) is 0 Å². The van der Waals surface area contributed by atoms with E-state index in [0.29, 0.717) is 24.5 Å². The highest BCUT2D eigenvalue weighted by Gasteiger charge is 2.15. The average Bonchev–Trinajstić information content (AvgIpc) is 2.55. The number of anilines is 1. The third-order valence-electron chi connectivity index (χ3n) is 3.41. The Balaban J connectivity index is 2.15. The summed E-state index contributed by atoms with van der Waals surface area (Å²) in [7, 11) is 0. The molecule has 0 radical (unpaired) electrons. The number of halogens is 2. The molecule has 2 aromatic rings. The first-order valence-corrected chi connectivity index (χ1v) is 7.66. The monoisotopic (exact) mass is 321 g/mol. The van der Waals surface area contributed by atoms with Crippen molar-refractivity contribution in [2.75, 3.05) is 11.9 Å². The van der Waals surface area contributed by atoms with Crippen LogP contribution in [-0.4, -0.2) is 13.2 Å². The predicted molar refractivity (Wildman–Crippen MR) is 87.4 cm³/mol. The molecule has 0 saturated carbocycles. The minimum absolute atomic E-state index is 0.0852. The molecule has 0 aliphatic heterocycles. The highest BCUT2D eigenvalue weighted by atomic mass is 19.3. The zero-order valence-electron chi connectivity index (χ0n) is 13.3. The third kappa shape index (κ3) is 4.84. The summed E-state index contributed by atoms with van der Waals surface area (Å²) in [5.41, 5.74) is 2.79. The number of para-hydroxylation sites is 1. The van der Waals surface area contributed by atoms with Crippen LogP contribution < -0.4 is 14.8 Å². The molecule has 1 N–H and O–H groups in total. The van der Waals surface area contributed by atoms with Gasteiger partial charge in [-0.05, 0) is 37.1 Å². The van der Waals surface area contributed by atoms with E-state index in [-0.39, 0.29) is 5.75 Å². The van der Waals surface area contributed by atoms with Gasteiger partial charge in [-0.25, -0.2) is 0 Å². The van der Waals surface area contributed by atoms with E-state index in [0.717, 1.165) is 12.1 Å². The van der Waals surface area contributed by atoms with E-state index in [1.807, 2.05) is 24.3 Å². The molecule has 0 saturated heterocycles. The number of ether oxygens (including phenoxy) is 2. The first-order valence-electron chi connectivity index (χ1n) is 7.66. The van der Waals surface area contributed by atoms with Crippen LogP contribution in [0.3, 0.4) is 0 Å². The third-order valence-corrected chi connectivity index (χ3v) is 3.41. The summed E-state index contributed by atoms with van der Waals surface area (Å²) in [5.74, 6) is 0.412. The molecule has 0 spiro atoms. The van der Waals surface area contributed by atoms with Crippen LogP contribution in [-0.2, 0) is 13.0 Å². The van der Waals surface area contributed by atoms with E-state index in [1.165, 1.54) is 5.56 Å². The van der Waals surface area contributed by atoms with Gasteiger partial charge in [0.1, 0.15) is 0 Å². The van der Waals surface area contributed by atoms with Crippen LogP contribution in [0.4, 0.5) is 14.5 Å². The molecule has 23 heavy (non-hydrogen) atoms. The summed E-state index contributed by atoms with van der Waals surface area (Å²) in [6, 6.07) is 13.2. The van der Waals surface area contributed by atoms with Gasteiger partial charge in [0, 0.05) is 17.8 Å². The predicted octanol–water partition coefficient (Wildman–Crippen LogP) is 4.86. The summed E-state index contributed by atoms with van der Waals surface area (Å²) in [6.07, 6.45) is 0.975. The molecule has 2 rings (SSSR count). The molecule has 0 heterocycles. The molecule has 0 aliphatic carbocycles. The van der Waals surface area contributed by atoms with Gasteiger partial charge in [-0.2, -0.15) is 8.78 Å². The standard InChI is InChI=1S/C18H21F2NO2/c1-3-13-8-10-15(11-9-13)21-12-14-6-5-7-16(22-4-2)17(14)23-18(19)20/h5-11,18,21H,3-4,12H2,1-2H3. The lowest BCUT2D eigenvalue weighted by molar-refractivity contribution is -0.0520. The molecule has 5 heteroatoms. The van der Waals surface area contributed by atoms with Crippen LogP contribution in [0.1, 0.15) is 25.0 Å². The number of alkyl halides is 2. The lowest BCUT2D eigenvalue weighted by atomic mass is 10.1. The molecule has 0 atom stereocenters. The summed E-state index contributed by atoms with van der Waals surface area (Å²) < 4.78 is 35.4. The second-order valence-corrected chi connectivity index (χ2v) is 4.96. The Kier molecular flexibility index (Phi) is 6.20. The maximum absolute atomic E-state index is 12.7.